The molecule has 1 saturated heterocycles. The summed E-state index contributed by atoms with van der Waals surface area (Å²) in [5.74, 6) is 0. The number of aliphatic hydroxyl groups is 1. The molecular formula is C7H14O3. The molecule has 0 aromatic heterocycles. The molecule has 60 valence electrons. The summed E-state index contributed by atoms with van der Waals surface area (Å²) in [6, 6.07) is 0. The average Bonchev–Trinajstić information content (AvgIpc) is 1.88. The zero-order valence-corrected chi connectivity index (χ0v) is 6.25. The maximum atomic E-state index is 8.84. The third-order valence-electron chi connectivity index (χ3n) is 1.56. The molecule has 1 aliphatic rings. The Morgan fingerprint density at radius 1 is 1.50 bits per heavy atom. The van der Waals surface area contributed by atoms with Gasteiger partial charge in [0.05, 0.1) is 6.10 Å². The van der Waals surface area contributed by atoms with Crippen LogP contribution in [0.2, 0.25) is 0 Å². The fourth-order valence-electron chi connectivity index (χ4n) is 1.09. The number of hydrogen-bond donors (Lipinski definition) is 1. The monoisotopic (exact) mass is 146 g/mol. The summed E-state index contributed by atoms with van der Waals surface area (Å²) in [6.07, 6.45) is 1.38. The van der Waals surface area contributed by atoms with E-state index in [1.54, 1.807) is 6.92 Å². The Hall–Kier alpha value is -0.120. The highest BCUT2D eigenvalue weighted by molar-refractivity contribution is 4.61. The Morgan fingerprint density at radius 2 is 2.10 bits per heavy atom. The fraction of sp³-hybridized carbons (Fsp3) is 1.00. The summed E-state index contributed by atoms with van der Waals surface area (Å²) in [5, 5.41) is 8.84. The fourth-order valence-corrected chi connectivity index (χ4v) is 1.09. The van der Waals surface area contributed by atoms with Gasteiger partial charge in [0.25, 0.3) is 0 Å². The van der Waals surface area contributed by atoms with Gasteiger partial charge < -0.3 is 14.6 Å². The van der Waals surface area contributed by atoms with Crippen molar-refractivity contribution in [3.63, 3.8) is 0 Å². The van der Waals surface area contributed by atoms with Crippen molar-refractivity contribution in [1.82, 2.24) is 0 Å². The first-order valence-corrected chi connectivity index (χ1v) is 3.70. The van der Waals surface area contributed by atoms with E-state index < -0.39 is 6.29 Å². The van der Waals surface area contributed by atoms with Crippen molar-refractivity contribution in [1.29, 1.82) is 0 Å². The molecule has 3 heteroatoms. The highest BCUT2D eigenvalue weighted by Crippen LogP contribution is 2.11. The van der Waals surface area contributed by atoms with Gasteiger partial charge in [-0.1, -0.05) is 0 Å². The predicted octanol–water partition coefficient (Wildman–Crippen LogP) is 0.520. The van der Waals surface area contributed by atoms with Gasteiger partial charge in [-0.2, -0.15) is 0 Å². The number of rotatable bonds is 2. The van der Waals surface area contributed by atoms with Crippen LogP contribution in [0, 0.1) is 0 Å². The molecule has 0 spiro atoms. The Kier molecular flexibility index (Phi) is 3.12. The molecule has 3 nitrogen and oxygen atoms in total. The van der Waals surface area contributed by atoms with Crippen molar-refractivity contribution in [2.24, 2.45) is 0 Å². The minimum atomic E-state index is -0.636. The van der Waals surface area contributed by atoms with Gasteiger partial charge in [-0.05, 0) is 19.8 Å². The zero-order chi connectivity index (χ0) is 7.40. The van der Waals surface area contributed by atoms with E-state index in [1.807, 2.05) is 0 Å². The largest absolute Gasteiger partial charge is 0.381 e. The summed E-state index contributed by atoms with van der Waals surface area (Å²) < 4.78 is 10.3. The molecule has 0 amide bonds. The lowest BCUT2D eigenvalue weighted by atomic mass is 10.2. The van der Waals surface area contributed by atoms with Crippen molar-refractivity contribution in [2.45, 2.75) is 32.2 Å². The molecule has 1 fully saturated rings. The second-order valence-electron chi connectivity index (χ2n) is 2.55. The van der Waals surface area contributed by atoms with Crippen LogP contribution in [0.1, 0.15) is 19.8 Å². The molecule has 1 heterocycles. The normalized spacial score (nSPS) is 24.6. The Labute approximate surface area is 60.9 Å². The summed E-state index contributed by atoms with van der Waals surface area (Å²) >= 11 is 0. The van der Waals surface area contributed by atoms with Crippen LogP contribution in [-0.2, 0) is 9.47 Å². The first-order chi connectivity index (χ1) is 4.79. The summed E-state index contributed by atoms with van der Waals surface area (Å²) in [4.78, 5) is 0. The molecule has 1 aliphatic heterocycles. The highest BCUT2D eigenvalue weighted by atomic mass is 16.6. The quantitative estimate of drug-likeness (QED) is 0.577. The van der Waals surface area contributed by atoms with Crippen molar-refractivity contribution < 1.29 is 14.6 Å². The second-order valence-corrected chi connectivity index (χ2v) is 2.55. The number of hydrogen-bond acceptors (Lipinski definition) is 3. The lowest BCUT2D eigenvalue weighted by molar-refractivity contribution is -0.146. The molecule has 0 aromatic rings. The molecule has 0 saturated carbocycles. The van der Waals surface area contributed by atoms with Gasteiger partial charge in [0.1, 0.15) is 0 Å². The third kappa shape index (κ3) is 2.64. The average molecular weight is 146 g/mol. The van der Waals surface area contributed by atoms with E-state index in [0.717, 1.165) is 26.1 Å². The van der Waals surface area contributed by atoms with Crippen LogP contribution in [0.5, 0.6) is 0 Å². The predicted molar refractivity (Wildman–Crippen MR) is 36.6 cm³/mol. The lowest BCUT2D eigenvalue weighted by Crippen LogP contribution is -2.26. The van der Waals surface area contributed by atoms with Crippen molar-refractivity contribution in [3.8, 4) is 0 Å². The zero-order valence-electron chi connectivity index (χ0n) is 6.25. The van der Waals surface area contributed by atoms with Crippen molar-refractivity contribution in [3.05, 3.63) is 0 Å². The van der Waals surface area contributed by atoms with Gasteiger partial charge in [0.15, 0.2) is 6.29 Å². The summed E-state index contributed by atoms with van der Waals surface area (Å²) in [7, 11) is 0. The van der Waals surface area contributed by atoms with Gasteiger partial charge in [0, 0.05) is 13.2 Å². The van der Waals surface area contributed by atoms with Gasteiger partial charge in [-0.3, -0.25) is 0 Å². The van der Waals surface area contributed by atoms with E-state index >= 15 is 0 Å². The third-order valence-corrected chi connectivity index (χ3v) is 1.56. The summed E-state index contributed by atoms with van der Waals surface area (Å²) in [6.45, 7) is 3.16. The van der Waals surface area contributed by atoms with Crippen LogP contribution in [0.15, 0.2) is 0 Å². The van der Waals surface area contributed by atoms with Crippen LogP contribution < -0.4 is 0 Å². The SMILES string of the molecule is CC(O)OC1CCOCC1. The molecular weight excluding hydrogens is 132 g/mol. The molecule has 0 radical (unpaired) electrons. The topological polar surface area (TPSA) is 38.7 Å². The molecule has 0 aromatic carbocycles. The lowest BCUT2D eigenvalue weighted by Gasteiger charge is -2.23. The maximum Gasteiger partial charge on any atom is 0.152 e. The molecule has 10 heavy (non-hydrogen) atoms. The Balaban J connectivity index is 2.13. The van der Waals surface area contributed by atoms with Gasteiger partial charge in [-0.25, -0.2) is 0 Å². The number of ether oxygens (including phenoxy) is 2. The molecule has 1 atom stereocenters. The van der Waals surface area contributed by atoms with Crippen LogP contribution in [0.3, 0.4) is 0 Å². The second kappa shape index (κ2) is 3.91. The first kappa shape index (κ1) is 7.98. The van der Waals surface area contributed by atoms with E-state index in [0.29, 0.717) is 0 Å². The van der Waals surface area contributed by atoms with Crippen LogP contribution >= 0.6 is 0 Å². The van der Waals surface area contributed by atoms with Gasteiger partial charge in [0.2, 0.25) is 0 Å². The standard InChI is InChI=1S/C7H14O3/c1-6(8)10-7-2-4-9-5-3-7/h6-8H,2-5H2,1H3. The Morgan fingerprint density at radius 3 is 2.60 bits per heavy atom. The summed E-state index contributed by atoms with van der Waals surface area (Å²) in [5.41, 5.74) is 0. The van der Waals surface area contributed by atoms with Crippen LogP contribution in [-0.4, -0.2) is 30.7 Å². The van der Waals surface area contributed by atoms with E-state index in [2.05, 4.69) is 0 Å². The van der Waals surface area contributed by atoms with E-state index in [4.69, 9.17) is 14.6 Å². The van der Waals surface area contributed by atoms with Crippen LogP contribution in [0.4, 0.5) is 0 Å². The first-order valence-electron chi connectivity index (χ1n) is 3.70. The van der Waals surface area contributed by atoms with Crippen LogP contribution in [0.25, 0.3) is 0 Å². The minimum Gasteiger partial charge on any atom is -0.381 e. The highest BCUT2D eigenvalue weighted by Gasteiger charge is 2.15. The minimum absolute atomic E-state index is 0.203. The smallest absolute Gasteiger partial charge is 0.152 e. The molecule has 0 bridgehead atoms. The van der Waals surface area contributed by atoms with E-state index in [9.17, 15) is 0 Å². The van der Waals surface area contributed by atoms with E-state index in [-0.39, 0.29) is 6.10 Å². The molecule has 0 aliphatic carbocycles. The molecule has 1 N–H and O–H groups in total. The van der Waals surface area contributed by atoms with Gasteiger partial charge in [-0.15, -0.1) is 0 Å². The Bertz CT molecular complexity index is 86.9. The van der Waals surface area contributed by atoms with E-state index in [1.165, 1.54) is 0 Å². The van der Waals surface area contributed by atoms with Gasteiger partial charge >= 0.3 is 0 Å². The molecule has 1 rings (SSSR count). The maximum absolute atomic E-state index is 8.84. The molecule has 1 unspecified atom stereocenters. The van der Waals surface area contributed by atoms with Crippen molar-refractivity contribution in [2.75, 3.05) is 13.2 Å². The van der Waals surface area contributed by atoms with Crippen molar-refractivity contribution >= 4 is 0 Å². The number of aliphatic hydroxyl groups excluding tert-OH is 1.